The molecule has 106 valence electrons. The Kier molecular flexibility index (Phi) is 4.99. The molecule has 1 heterocycles. The molecule has 1 N–H and O–H groups in total. The summed E-state index contributed by atoms with van der Waals surface area (Å²) >= 11 is 0. The fraction of sp³-hybridized carbons (Fsp3) is 0.571. The summed E-state index contributed by atoms with van der Waals surface area (Å²) in [6.45, 7) is 3.42. The summed E-state index contributed by atoms with van der Waals surface area (Å²) in [5, 5.41) is 3.30. The molecule has 19 heavy (non-hydrogen) atoms. The van der Waals surface area contributed by atoms with Crippen LogP contribution >= 0.6 is 0 Å². The first kappa shape index (κ1) is 14.1. The number of hydrogen-bond acceptors (Lipinski definition) is 4. The van der Waals surface area contributed by atoms with Gasteiger partial charge in [0.25, 0.3) is 0 Å². The first-order valence-corrected chi connectivity index (χ1v) is 6.57. The first-order valence-electron chi connectivity index (χ1n) is 6.57. The maximum atomic E-state index is 13.6. The molecule has 5 heteroatoms. The van der Waals surface area contributed by atoms with Crippen molar-refractivity contribution in [3.8, 4) is 5.75 Å². The zero-order valence-electron chi connectivity index (χ0n) is 11.5. The number of rotatable bonds is 5. The molecule has 4 nitrogen and oxygen atoms in total. The van der Waals surface area contributed by atoms with Gasteiger partial charge >= 0.3 is 0 Å². The highest BCUT2D eigenvalue weighted by Gasteiger charge is 2.14. The fourth-order valence-corrected chi connectivity index (χ4v) is 2.16. The van der Waals surface area contributed by atoms with Gasteiger partial charge in [0, 0.05) is 38.4 Å². The summed E-state index contributed by atoms with van der Waals surface area (Å²) in [6.07, 6.45) is 1.18. The molecular formula is C14H21FN2O2. The second kappa shape index (κ2) is 6.73. The largest absolute Gasteiger partial charge is 0.494 e. The number of morpholine rings is 1. The lowest BCUT2D eigenvalue weighted by molar-refractivity contribution is 0.0250. The molecule has 1 aromatic rings. The van der Waals surface area contributed by atoms with Gasteiger partial charge in [-0.3, -0.25) is 0 Å². The van der Waals surface area contributed by atoms with Crippen LogP contribution < -0.4 is 15.0 Å². The van der Waals surface area contributed by atoms with Crippen molar-refractivity contribution >= 4 is 5.69 Å². The number of nitrogens with one attached hydrogen (secondary N) is 1. The molecule has 1 fully saturated rings. The summed E-state index contributed by atoms with van der Waals surface area (Å²) in [5.41, 5.74) is 0.849. The molecular weight excluding hydrogens is 247 g/mol. The van der Waals surface area contributed by atoms with Gasteiger partial charge in [0.05, 0.1) is 19.8 Å². The van der Waals surface area contributed by atoms with E-state index in [9.17, 15) is 4.39 Å². The minimum atomic E-state index is -0.331. The van der Waals surface area contributed by atoms with Crippen molar-refractivity contribution in [3.63, 3.8) is 0 Å². The first-order chi connectivity index (χ1) is 9.20. The lowest BCUT2D eigenvalue weighted by atomic mass is 10.2. The van der Waals surface area contributed by atoms with Crippen LogP contribution in [-0.2, 0) is 4.74 Å². The Hall–Kier alpha value is -1.33. The molecule has 1 aliphatic rings. The average molecular weight is 268 g/mol. The zero-order chi connectivity index (χ0) is 13.7. The number of hydrogen-bond donors (Lipinski definition) is 1. The van der Waals surface area contributed by atoms with E-state index in [4.69, 9.17) is 9.47 Å². The predicted molar refractivity (Wildman–Crippen MR) is 73.4 cm³/mol. The number of ether oxygens (including phenoxy) is 2. The van der Waals surface area contributed by atoms with E-state index in [2.05, 4.69) is 5.32 Å². The van der Waals surface area contributed by atoms with Gasteiger partial charge in [-0.1, -0.05) is 0 Å². The fourth-order valence-electron chi connectivity index (χ4n) is 2.16. The average Bonchev–Trinajstić information content (AvgIpc) is 2.45. The standard InChI is InChI=1S/C14H21FN2O2/c1-17(7-5-12-10-16-6-8-19-12)11-3-4-14(18-2)13(15)9-11/h3-4,9,12,16H,5-8,10H2,1-2H3. The minimum absolute atomic E-state index is 0.249. The molecule has 0 radical (unpaired) electrons. The Morgan fingerprint density at radius 2 is 2.37 bits per heavy atom. The van der Waals surface area contributed by atoms with Crippen LogP contribution in [0.5, 0.6) is 5.75 Å². The van der Waals surface area contributed by atoms with E-state index in [1.807, 2.05) is 18.0 Å². The summed E-state index contributed by atoms with van der Waals surface area (Å²) in [4.78, 5) is 2.03. The summed E-state index contributed by atoms with van der Waals surface area (Å²) < 4.78 is 24.2. The van der Waals surface area contributed by atoms with Crippen LogP contribution in [0.3, 0.4) is 0 Å². The second-order valence-corrected chi connectivity index (χ2v) is 4.73. The summed E-state index contributed by atoms with van der Waals surface area (Å²) in [6, 6.07) is 5.01. The highest BCUT2D eigenvalue weighted by Crippen LogP contribution is 2.23. The predicted octanol–water partition coefficient (Wildman–Crippen LogP) is 1.65. The van der Waals surface area contributed by atoms with Crippen molar-refractivity contribution in [1.82, 2.24) is 5.32 Å². The van der Waals surface area contributed by atoms with Crippen molar-refractivity contribution in [2.45, 2.75) is 12.5 Å². The van der Waals surface area contributed by atoms with Gasteiger partial charge < -0.3 is 19.7 Å². The van der Waals surface area contributed by atoms with E-state index in [1.54, 1.807) is 6.07 Å². The number of nitrogens with zero attached hydrogens (tertiary/aromatic N) is 1. The van der Waals surface area contributed by atoms with Crippen LogP contribution in [0.2, 0.25) is 0 Å². The molecule has 2 rings (SSSR count). The highest BCUT2D eigenvalue weighted by molar-refractivity contribution is 5.49. The van der Waals surface area contributed by atoms with Crippen molar-refractivity contribution < 1.29 is 13.9 Å². The quantitative estimate of drug-likeness (QED) is 0.880. The molecule has 0 saturated carbocycles. The third kappa shape index (κ3) is 3.81. The van der Waals surface area contributed by atoms with Gasteiger partial charge in [-0.05, 0) is 18.6 Å². The van der Waals surface area contributed by atoms with Crippen molar-refractivity contribution in [2.75, 3.05) is 45.3 Å². The van der Waals surface area contributed by atoms with Gasteiger partial charge in [-0.2, -0.15) is 0 Å². The van der Waals surface area contributed by atoms with Gasteiger partial charge in [-0.25, -0.2) is 4.39 Å². The smallest absolute Gasteiger partial charge is 0.167 e. The van der Waals surface area contributed by atoms with Crippen LogP contribution in [0.15, 0.2) is 18.2 Å². The lowest BCUT2D eigenvalue weighted by Crippen LogP contribution is -2.40. The van der Waals surface area contributed by atoms with Crippen LogP contribution in [0.1, 0.15) is 6.42 Å². The van der Waals surface area contributed by atoms with Gasteiger partial charge in [0.2, 0.25) is 0 Å². The molecule has 1 unspecified atom stereocenters. The monoisotopic (exact) mass is 268 g/mol. The molecule has 0 amide bonds. The minimum Gasteiger partial charge on any atom is -0.494 e. The van der Waals surface area contributed by atoms with Gasteiger partial charge in [-0.15, -0.1) is 0 Å². The molecule has 1 aromatic carbocycles. The Balaban J connectivity index is 1.88. The van der Waals surface area contributed by atoms with Crippen LogP contribution in [0.4, 0.5) is 10.1 Å². The molecule has 0 aromatic heterocycles. The Morgan fingerprint density at radius 1 is 1.53 bits per heavy atom. The van der Waals surface area contributed by atoms with Crippen LogP contribution in [-0.4, -0.2) is 46.5 Å². The van der Waals surface area contributed by atoms with Crippen molar-refractivity contribution in [2.24, 2.45) is 0 Å². The second-order valence-electron chi connectivity index (χ2n) is 4.73. The Morgan fingerprint density at radius 3 is 3.00 bits per heavy atom. The highest BCUT2D eigenvalue weighted by atomic mass is 19.1. The van der Waals surface area contributed by atoms with Gasteiger partial charge in [0.15, 0.2) is 11.6 Å². The van der Waals surface area contributed by atoms with Gasteiger partial charge in [0.1, 0.15) is 0 Å². The Bertz CT molecular complexity index is 408. The third-order valence-corrected chi connectivity index (χ3v) is 3.37. The van der Waals surface area contributed by atoms with E-state index in [0.29, 0.717) is 0 Å². The third-order valence-electron chi connectivity index (χ3n) is 3.37. The van der Waals surface area contributed by atoms with Crippen LogP contribution in [0, 0.1) is 5.82 Å². The number of benzene rings is 1. The number of methoxy groups -OCH3 is 1. The Labute approximate surface area is 113 Å². The normalized spacial score (nSPS) is 19.2. The molecule has 1 atom stereocenters. The van der Waals surface area contributed by atoms with E-state index in [-0.39, 0.29) is 17.7 Å². The number of anilines is 1. The zero-order valence-corrected chi connectivity index (χ0v) is 11.5. The van der Waals surface area contributed by atoms with E-state index >= 15 is 0 Å². The maximum Gasteiger partial charge on any atom is 0.167 e. The van der Waals surface area contributed by atoms with E-state index in [0.717, 1.165) is 38.3 Å². The van der Waals surface area contributed by atoms with Crippen molar-refractivity contribution in [1.29, 1.82) is 0 Å². The van der Waals surface area contributed by atoms with E-state index in [1.165, 1.54) is 13.2 Å². The van der Waals surface area contributed by atoms with Crippen LogP contribution in [0.25, 0.3) is 0 Å². The lowest BCUT2D eigenvalue weighted by Gasteiger charge is -2.26. The number of halogens is 1. The summed E-state index contributed by atoms with van der Waals surface area (Å²) in [5.74, 6) is -0.0561. The maximum absolute atomic E-state index is 13.6. The van der Waals surface area contributed by atoms with Crippen molar-refractivity contribution in [3.05, 3.63) is 24.0 Å². The summed E-state index contributed by atoms with van der Waals surface area (Å²) in [7, 11) is 3.42. The van der Waals surface area contributed by atoms with E-state index < -0.39 is 0 Å². The molecule has 0 spiro atoms. The molecule has 1 aliphatic heterocycles. The topological polar surface area (TPSA) is 33.7 Å². The molecule has 0 aliphatic carbocycles. The SMILES string of the molecule is COc1ccc(N(C)CCC2CNCCO2)cc1F. The molecule has 1 saturated heterocycles. The molecule has 0 bridgehead atoms.